The summed E-state index contributed by atoms with van der Waals surface area (Å²) in [6, 6.07) is 5.18. The topological polar surface area (TPSA) is 82.8 Å². The molecule has 0 heterocycles. The van der Waals surface area contributed by atoms with E-state index >= 15 is 0 Å². The molecule has 1 aromatic carbocycles. The average molecular weight is 282 g/mol. The van der Waals surface area contributed by atoms with Gasteiger partial charge >= 0.3 is 5.97 Å². The minimum atomic E-state index is -1.06. The molecule has 1 rings (SSSR count). The van der Waals surface area contributed by atoms with E-state index < -0.39 is 11.6 Å². The maximum Gasteiger partial charge on any atom is 0.349 e. The molecule has 0 atom stereocenters. The Kier molecular flexibility index (Phi) is 5.64. The minimum Gasteiger partial charge on any atom is -0.476 e. The summed E-state index contributed by atoms with van der Waals surface area (Å²) in [5.41, 5.74) is 6.15. The van der Waals surface area contributed by atoms with Crippen molar-refractivity contribution < 1.29 is 19.0 Å². The second-order valence-corrected chi connectivity index (χ2v) is 4.77. The van der Waals surface area contributed by atoms with E-state index in [2.05, 4.69) is 5.32 Å². The molecule has 0 unspecified atom stereocenters. The number of hydrogen-bond acceptors (Lipinski definition) is 6. The second kappa shape index (κ2) is 7.00. The molecule has 0 spiro atoms. The van der Waals surface area contributed by atoms with Crippen LogP contribution in [-0.4, -0.2) is 38.9 Å². The molecule has 0 saturated heterocycles. The summed E-state index contributed by atoms with van der Waals surface area (Å²) in [4.78, 5) is 11.6. The second-order valence-electron chi connectivity index (χ2n) is 4.77. The number of carbonyl (C=O) groups excluding carboxylic acids is 1. The number of benzene rings is 1. The number of nitrogen functional groups attached to an aromatic ring is 1. The molecule has 0 bridgehead atoms. The molecule has 3 N–H and O–H groups in total. The van der Waals surface area contributed by atoms with Crippen molar-refractivity contribution in [3.05, 3.63) is 18.2 Å². The van der Waals surface area contributed by atoms with Crippen LogP contribution in [0.3, 0.4) is 0 Å². The predicted octanol–water partition coefficient (Wildman–Crippen LogP) is 1.66. The predicted molar refractivity (Wildman–Crippen MR) is 77.9 cm³/mol. The van der Waals surface area contributed by atoms with Crippen molar-refractivity contribution in [1.29, 1.82) is 0 Å². The lowest BCUT2D eigenvalue weighted by Gasteiger charge is -2.24. The highest BCUT2D eigenvalue weighted by Crippen LogP contribution is 2.27. The number of methoxy groups -OCH3 is 2. The molecule has 0 aliphatic rings. The summed E-state index contributed by atoms with van der Waals surface area (Å²) in [6.45, 7) is 4.49. The third kappa shape index (κ3) is 4.31. The smallest absolute Gasteiger partial charge is 0.349 e. The van der Waals surface area contributed by atoms with E-state index in [-0.39, 0.29) is 0 Å². The van der Waals surface area contributed by atoms with Gasteiger partial charge in [0, 0.05) is 19.7 Å². The van der Waals surface area contributed by atoms with Crippen LogP contribution in [-0.2, 0) is 14.3 Å². The molecule has 0 radical (unpaired) electrons. The summed E-state index contributed by atoms with van der Waals surface area (Å²) in [6.07, 6.45) is 0. The Bertz CT molecular complexity index is 460. The molecule has 0 saturated carbocycles. The van der Waals surface area contributed by atoms with Gasteiger partial charge in [0.05, 0.1) is 25.1 Å². The number of hydrogen-bond donors (Lipinski definition) is 2. The van der Waals surface area contributed by atoms with E-state index in [1.54, 1.807) is 39.2 Å². The zero-order valence-corrected chi connectivity index (χ0v) is 12.4. The van der Waals surface area contributed by atoms with Gasteiger partial charge in [-0.25, -0.2) is 4.79 Å². The van der Waals surface area contributed by atoms with Crippen LogP contribution in [0.25, 0.3) is 0 Å². The number of anilines is 2. The van der Waals surface area contributed by atoms with Gasteiger partial charge in [-0.15, -0.1) is 0 Å². The van der Waals surface area contributed by atoms with Gasteiger partial charge in [0.1, 0.15) is 5.75 Å². The van der Waals surface area contributed by atoms with Gasteiger partial charge in [-0.1, -0.05) is 0 Å². The van der Waals surface area contributed by atoms with Gasteiger partial charge in [0.2, 0.25) is 0 Å². The fourth-order valence-corrected chi connectivity index (χ4v) is 1.62. The van der Waals surface area contributed by atoms with E-state index in [0.717, 1.165) is 5.69 Å². The molecule has 20 heavy (non-hydrogen) atoms. The van der Waals surface area contributed by atoms with E-state index in [4.69, 9.17) is 19.9 Å². The highest BCUT2D eigenvalue weighted by Gasteiger charge is 2.31. The van der Waals surface area contributed by atoms with Crippen molar-refractivity contribution in [2.75, 3.05) is 38.4 Å². The Morgan fingerprint density at radius 3 is 2.65 bits per heavy atom. The number of ether oxygens (including phenoxy) is 3. The Morgan fingerprint density at radius 2 is 2.05 bits per heavy atom. The number of nitrogens with two attached hydrogens (primary N) is 1. The maximum atomic E-state index is 11.6. The van der Waals surface area contributed by atoms with Gasteiger partial charge < -0.3 is 25.3 Å². The van der Waals surface area contributed by atoms with Crippen molar-refractivity contribution in [1.82, 2.24) is 0 Å². The van der Waals surface area contributed by atoms with E-state index in [9.17, 15) is 4.79 Å². The van der Waals surface area contributed by atoms with Gasteiger partial charge in [0.15, 0.2) is 5.60 Å². The number of rotatable bonds is 7. The third-order valence-electron chi connectivity index (χ3n) is 2.70. The van der Waals surface area contributed by atoms with Gasteiger partial charge in [0.25, 0.3) is 0 Å². The van der Waals surface area contributed by atoms with Crippen molar-refractivity contribution in [2.24, 2.45) is 0 Å². The Hall–Kier alpha value is -1.95. The number of nitrogens with one attached hydrogen (secondary N) is 1. The van der Waals surface area contributed by atoms with Crippen LogP contribution in [0.5, 0.6) is 5.75 Å². The van der Waals surface area contributed by atoms with Crippen LogP contribution < -0.4 is 15.8 Å². The first-order valence-corrected chi connectivity index (χ1v) is 6.30. The van der Waals surface area contributed by atoms with E-state index in [0.29, 0.717) is 24.6 Å². The van der Waals surface area contributed by atoms with Crippen LogP contribution in [0.15, 0.2) is 18.2 Å². The van der Waals surface area contributed by atoms with Crippen LogP contribution in [0.4, 0.5) is 11.4 Å². The normalized spacial score (nSPS) is 11.0. The lowest BCUT2D eigenvalue weighted by atomic mass is 10.1. The zero-order chi connectivity index (χ0) is 15.2. The Labute approximate surface area is 119 Å². The maximum absolute atomic E-state index is 11.6. The fraction of sp³-hybridized carbons (Fsp3) is 0.500. The SMILES string of the molecule is COCCNc1cc(OC(C)(C)C(=O)OC)ccc1N. The largest absolute Gasteiger partial charge is 0.476 e. The Morgan fingerprint density at radius 1 is 1.35 bits per heavy atom. The van der Waals surface area contributed by atoms with Crippen LogP contribution in [0.2, 0.25) is 0 Å². The number of esters is 1. The molecule has 0 aliphatic heterocycles. The van der Waals surface area contributed by atoms with Crippen LogP contribution in [0.1, 0.15) is 13.8 Å². The molecule has 112 valence electrons. The Balaban J connectivity index is 2.81. The first-order chi connectivity index (χ1) is 9.40. The van der Waals surface area contributed by atoms with Crippen molar-refractivity contribution >= 4 is 17.3 Å². The molecule has 0 fully saturated rings. The highest BCUT2D eigenvalue weighted by atomic mass is 16.6. The summed E-state index contributed by atoms with van der Waals surface area (Å²) in [5.74, 6) is 0.0951. The summed E-state index contributed by atoms with van der Waals surface area (Å²) in [7, 11) is 2.96. The van der Waals surface area contributed by atoms with Gasteiger partial charge in [-0.05, 0) is 26.0 Å². The molecule has 6 nitrogen and oxygen atoms in total. The first-order valence-electron chi connectivity index (χ1n) is 6.30. The molecule has 0 amide bonds. The minimum absolute atomic E-state index is 0.441. The van der Waals surface area contributed by atoms with E-state index in [1.165, 1.54) is 7.11 Å². The molecule has 0 aromatic heterocycles. The first kappa shape index (κ1) is 16.1. The lowest BCUT2D eigenvalue weighted by Crippen LogP contribution is -2.39. The van der Waals surface area contributed by atoms with Crippen molar-refractivity contribution in [3.8, 4) is 5.75 Å². The van der Waals surface area contributed by atoms with E-state index in [1.807, 2.05) is 0 Å². The van der Waals surface area contributed by atoms with Crippen molar-refractivity contribution in [3.63, 3.8) is 0 Å². The van der Waals surface area contributed by atoms with Gasteiger partial charge in [-0.3, -0.25) is 0 Å². The van der Waals surface area contributed by atoms with Crippen LogP contribution in [0, 0.1) is 0 Å². The summed E-state index contributed by atoms with van der Waals surface area (Å²) < 4.78 is 15.3. The zero-order valence-electron chi connectivity index (χ0n) is 12.4. The quantitative estimate of drug-likeness (QED) is 0.449. The molecule has 1 aromatic rings. The molecular formula is C14H22N2O4. The summed E-state index contributed by atoms with van der Waals surface area (Å²) in [5, 5.41) is 3.14. The summed E-state index contributed by atoms with van der Waals surface area (Å²) >= 11 is 0. The monoisotopic (exact) mass is 282 g/mol. The molecule has 6 heteroatoms. The average Bonchev–Trinajstić information content (AvgIpc) is 2.41. The number of carbonyl (C=O) groups is 1. The van der Waals surface area contributed by atoms with Gasteiger partial charge in [-0.2, -0.15) is 0 Å². The van der Waals surface area contributed by atoms with Crippen molar-refractivity contribution in [2.45, 2.75) is 19.4 Å². The molecule has 0 aliphatic carbocycles. The highest BCUT2D eigenvalue weighted by molar-refractivity contribution is 5.79. The standard InChI is InChI=1S/C14H22N2O4/c1-14(2,13(17)19-4)20-10-5-6-11(15)12(9-10)16-7-8-18-3/h5-6,9,16H,7-8,15H2,1-4H3. The lowest BCUT2D eigenvalue weighted by molar-refractivity contribution is -0.156. The molecular weight excluding hydrogens is 260 g/mol. The fourth-order valence-electron chi connectivity index (χ4n) is 1.62. The van der Waals surface area contributed by atoms with Crippen LogP contribution >= 0.6 is 0 Å². The third-order valence-corrected chi connectivity index (χ3v) is 2.70.